The number of hydrogen-bond donors (Lipinski definition) is 1. The molecule has 3 fully saturated rings. The minimum atomic E-state index is -1.03. The summed E-state index contributed by atoms with van der Waals surface area (Å²) < 4.78 is 7.31. The molecule has 4 heterocycles. The molecule has 1 N–H and O–H groups in total. The predicted molar refractivity (Wildman–Crippen MR) is 130 cm³/mol. The van der Waals surface area contributed by atoms with E-state index >= 15 is 0 Å². The molecule has 0 unspecified atom stereocenters. The lowest BCUT2D eigenvalue weighted by atomic mass is 9.79. The molecule has 178 valence electrons. The fourth-order valence-corrected chi connectivity index (χ4v) is 5.63. The molecule has 0 bridgehead atoms. The molecular weight excluding hydrogens is 430 g/mol. The number of pyridine rings is 1. The molecule has 8 heteroatoms. The van der Waals surface area contributed by atoms with Crippen molar-refractivity contribution in [3.05, 3.63) is 47.8 Å². The van der Waals surface area contributed by atoms with Gasteiger partial charge in [0.05, 0.1) is 25.1 Å². The van der Waals surface area contributed by atoms with E-state index in [9.17, 15) is 9.90 Å². The van der Waals surface area contributed by atoms with Gasteiger partial charge in [-0.3, -0.25) is 4.90 Å². The van der Waals surface area contributed by atoms with E-state index in [-0.39, 0.29) is 5.69 Å². The number of carboxylic acids is 1. The molecule has 0 radical (unpaired) electrons. The Morgan fingerprint density at radius 2 is 1.79 bits per heavy atom. The number of carboxylic acid groups (broad SMARTS) is 1. The van der Waals surface area contributed by atoms with Crippen LogP contribution in [0.5, 0.6) is 0 Å². The van der Waals surface area contributed by atoms with Gasteiger partial charge < -0.3 is 14.7 Å². The van der Waals surface area contributed by atoms with E-state index in [1.807, 2.05) is 0 Å². The summed E-state index contributed by atoms with van der Waals surface area (Å²) in [5.41, 5.74) is 4.31. The second kappa shape index (κ2) is 9.00. The number of aromatic nitrogens is 3. The Morgan fingerprint density at radius 3 is 2.50 bits per heavy atom. The average Bonchev–Trinajstić information content (AvgIpc) is 3.27. The molecule has 34 heavy (non-hydrogen) atoms. The molecule has 2 aromatic heterocycles. The molecule has 8 nitrogen and oxygen atoms in total. The van der Waals surface area contributed by atoms with E-state index in [0.717, 1.165) is 50.5 Å². The maximum atomic E-state index is 11.4. The number of piperidine rings is 1. The van der Waals surface area contributed by atoms with E-state index in [1.54, 1.807) is 16.9 Å². The maximum absolute atomic E-state index is 11.4. The molecule has 2 saturated heterocycles. The number of hydrogen-bond acceptors (Lipinski definition) is 6. The fourth-order valence-electron chi connectivity index (χ4n) is 5.63. The van der Waals surface area contributed by atoms with Gasteiger partial charge >= 0.3 is 5.97 Å². The summed E-state index contributed by atoms with van der Waals surface area (Å²) in [7, 11) is 0. The predicted octanol–water partition coefficient (Wildman–Crippen LogP) is 3.69. The lowest BCUT2D eigenvalue weighted by Gasteiger charge is -2.42. The second-order valence-corrected chi connectivity index (χ2v) is 9.71. The largest absolute Gasteiger partial charge is 0.477 e. The van der Waals surface area contributed by atoms with Gasteiger partial charge in [0.25, 0.3) is 0 Å². The van der Waals surface area contributed by atoms with E-state index in [2.05, 4.69) is 38.1 Å². The number of ether oxygens (including phenoxy) is 1. The minimum Gasteiger partial charge on any atom is -0.477 e. The number of aromatic carboxylic acids is 1. The van der Waals surface area contributed by atoms with Gasteiger partial charge in [-0.25, -0.2) is 14.5 Å². The highest BCUT2D eigenvalue weighted by Gasteiger charge is 2.29. The van der Waals surface area contributed by atoms with Crippen molar-refractivity contribution in [3.8, 4) is 5.69 Å². The minimum absolute atomic E-state index is 0.0354. The molecule has 3 aliphatic rings. The van der Waals surface area contributed by atoms with Gasteiger partial charge in [-0.1, -0.05) is 6.42 Å². The zero-order valence-corrected chi connectivity index (χ0v) is 19.4. The van der Waals surface area contributed by atoms with Crippen molar-refractivity contribution in [2.75, 3.05) is 44.3 Å². The summed E-state index contributed by atoms with van der Waals surface area (Å²) >= 11 is 0. The van der Waals surface area contributed by atoms with Crippen LogP contribution in [-0.2, 0) is 4.74 Å². The second-order valence-electron chi connectivity index (χ2n) is 9.71. The highest BCUT2D eigenvalue weighted by Crippen LogP contribution is 2.42. The number of anilines is 1. The van der Waals surface area contributed by atoms with E-state index in [4.69, 9.17) is 4.74 Å². The molecule has 1 saturated carbocycles. The quantitative estimate of drug-likeness (QED) is 0.620. The summed E-state index contributed by atoms with van der Waals surface area (Å²) in [5, 5.41) is 14.8. The van der Waals surface area contributed by atoms with E-state index in [0.29, 0.717) is 17.6 Å². The number of nitrogens with zero attached hydrogens (tertiary/aromatic N) is 5. The molecular formula is C26H31N5O3. The summed E-state index contributed by atoms with van der Waals surface area (Å²) in [6.45, 7) is 5.99. The summed E-state index contributed by atoms with van der Waals surface area (Å²) in [6.07, 6.45) is 7.86. The van der Waals surface area contributed by atoms with Gasteiger partial charge in [0.15, 0.2) is 11.3 Å². The molecule has 0 spiro atoms. The standard InChI is InChI=1S/C26H31N5O3/c32-26(33)23-6-4-19-17-27-31(25(19)28-23)21-5-7-24(22(16-21)18-2-1-3-18)30-10-8-20(9-11-30)29-12-14-34-15-13-29/h4-7,16-18,20H,1-3,8-15H2,(H,32,33). The Kier molecular flexibility index (Phi) is 5.71. The molecule has 0 amide bonds. The van der Waals surface area contributed by atoms with Gasteiger partial charge in [0.2, 0.25) is 0 Å². The lowest BCUT2D eigenvalue weighted by Crippen LogP contribution is -2.49. The van der Waals surface area contributed by atoms with Crippen LogP contribution in [0, 0.1) is 0 Å². The third kappa shape index (κ3) is 3.95. The first kappa shape index (κ1) is 21.6. The summed E-state index contributed by atoms with van der Waals surface area (Å²) in [4.78, 5) is 21.0. The van der Waals surface area contributed by atoms with Gasteiger partial charge in [-0.2, -0.15) is 5.10 Å². The Bertz CT molecular complexity index is 1190. The topological polar surface area (TPSA) is 83.7 Å². The third-order valence-corrected chi connectivity index (χ3v) is 7.81. The number of morpholine rings is 1. The van der Waals surface area contributed by atoms with Crippen molar-refractivity contribution in [1.82, 2.24) is 19.7 Å². The Labute approximate surface area is 199 Å². The van der Waals surface area contributed by atoms with Crippen molar-refractivity contribution < 1.29 is 14.6 Å². The average molecular weight is 462 g/mol. The van der Waals surface area contributed by atoms with Gasteiger partial charge in [0.1, 0.15) is 0 Å². The maximum Gasteiger partial charge on any atom is 0.354 e. The molecule has 1 aromatic carbocycles. The summed E-state index contributed by atoms with van der Waals surface area (Å²) in [5.74, 6) is -0.447. The number of fused-ring (bicyclic) bond motifs is 1. The van der Waals surface area contributed by atoms with Crippen molar-refractivity contribution in [1.29, 1.82) is 0 Å². The SMILES string of the molecule is O=C(O)c1ccc2cnn(-c3ccc(N4CCC(N5CCOCC5)CC4)c(C4CCC4)c3)c2n1. The van der Waals surface area contributed by atoms with Crippen molar-refractivity contribution >= 4 is 22.7 Å². The van der Waals surface area contributed by atoms with Crippen LogP contribution in [0.4, 0.5) is 5.69 Å². The molecule has 2 aliphatic heterocycles. The van der Waals surface area contributed by atoms with Crippen LogP contribution in [-0.4, -0.2) is 76.2 Å². The molecule has 0 atom stereocenters. The highest BCUT2D eigenvalue weighted by atomic mass is 16.5. The van der Waals surface area contributed by atoms with Gasteiger partial charge in [0, 0.05) is 43.3 Å². The third-order valence-electron chi connectivity index (χ3n) is 7.81. The number of rotatable bonds is 5. The van der Waals surface area contributed by atoms with Crippen LogP contribution < -0.4 is 4.90 Å². The van der Waals surface area contributed by atoms with Gasteiger partial charge in [-0.05, 0) is 67.5 Å². The zero-order valence-electron chi connectivity index (χ0n) is 19.4. The summed E-state index contributed by atoms with van der Waals surface area (Å²) in [6, 6.07) is 10.6. The van der Waals surface area contributed by atoms with Crippen LogP contribution >= 0.6 is 0 Å². The van der Waals surface area contributed by atoms with Crippen LogP contribution in [0.2, 0.25) is 0 Å². The first-order chi connectivity index (χ1) is 16.7. The molecule has 1 aliphatic carbocycles. The number of carbonyl (C=O) groups is 1. The highest BCUT2D eigenvalue weighted by molar-refractivity contribution is 5.89. The van der Waals surface area contributed by atoms with Gasteiger partial charge in [-0.15, -0.1) is 0 Å². The molecule has 3 aromatic rings. The van der Waals surface area contributed by atoms with Crippen molar-refractivity contribution in [2.24, 2.45) is 0 Å². The monoisotopic (exact) mass is 461 g/mol. The van der Waals surface area contributed by atoms with Crippen LogP contribution in [0.3, 0.4) is 0 Å². The smallest absolute Gasteiger partial charge is 0.354 e. The Morgan fingerprint density at radius 1 is 1.00 bits per heavy atom. The fraction of sp³-hybridized carbons (Fsp3) is 0.500. The van der Waals surface area contributed by atoms with Crippen molar-refractivity contribution in [2.45, 2.75) is 44.1 Å². The van der Waals surface area contributed by atoms with Crippen LogP contribution in [0.1, 0.15) is 54.1 Å². The van der Waals surface area contributed by atoms with Crippen LogP contribution in [0.15, 0.2) is 36.5 Å². The first-order valence-electron chi connectivity index (χ1n) is 12.5. The Hall–Kier alpha value is -2.97. The van der Waals surface area contributed by atoms with E-state index in [1.165, 1.54) is 49.4 Å². The normalized spacial score (nSPS) is 20.5. The zero-order chi connectivity index (χ0) is 23.1. The first-order valence-corrected chi connectivity index (χ1v) is 12.5. The lowest BCUT2D eigenvalue weighted by molar-refractivity contribution is 0.0115. The number of benzene rings is 1. The molecule has 6 rings (SSSR count). The Balaban J connectivity index is 1.28. The van der Waals surface area contributed by atoms with E-state index < -0.39 is 5.97 Å². The van der Waals surface area contributed by atoms with Crippen LogP contribution in [0.25, 0.3) is 16.7 Å². The van der Waals surface area contributed by atoms with Crippen molar-refractivity contribution in [3.63, 3.8) is 0 Å².